The molecule has 0 amide bonds. The SMILES string of the molecule is [B][C@@H]1O[C@](C)(CC)C(C)[C@@H]1F. The number of hydrogen-bond donors (Lipinski definition) is 0. The van der Waals surface area contributed by atoms with Crippen molar-refractivity contribution in [2.75, 3.05) is 0 Å². The second kappa shape index (κ2) is 2.78. The summed E-state index contributed by atoms with van der Waals surface area (Å²) in [4.78, 5) is 0. The van der Waals surface area contributed by atoms with Crippen LogP contribution in [0, 0.1) is 5.92 Å². The fourth-order valence-corrected chi connectivity index (χ4v) is 1.51. The Morgan fingerprint density at radius 2 is 2.18 bits per heavy atom. The van der Waals surface area contributed by atoms with Crippen molar-refractivity contribution < 1.29 is 9.13 Å². The maximum absolute atomic E-state index is 13.1. The van der Waals surface area contributed by atoms with Crippen LogP contribution in [-0.4, -0.2) is 25.6 Å². The van der Waals surface area contributed by atoms with Crippen molar-refractivity contribution in [1.29, 1.82) is 0 Å². The largest absolute Gasteiger partial charge is 0.378 e. The zero-order chi connectivity index (χ0) is 8.65. The average molecular weight is 156 g/mol. The highest BCUT2D eigenvalue weighted by molar-refractivity contribution is 6.11. The Hall–Kier alpha value is -0.0451. The maximum atomic E-state index is 13.1. The lowest BCUT2D eigenvalue weighted by atomic mass is 9.83. The molecule has 1 aliphatic rings. The first-order valence-electron chi connectivity index (χ1n) is 4.08. The summed E-state index contributed by atoms with van der Waals surface area (Å²) in [5, 5.41) is 0. The van der Waals surface area contributed by atoms with E-state index >= 15 is 0 Å². The van der Waals surface area contributed by atoms with Gasteiger partial charge in [-0.15, -0.1) is 0 Å². The van der Waals surface area contributed by atoms with Crippen LogP contribution in [0.4, 0.5) is 4.39 Å². The van der Waals surface area contributed by atoms with Crippen LogP contribution >= 0.6 is 0 Å². The molecule has 0 spiro atoms. The summed E-state index contributed by atoms with van der Waals surface area (Å²) in [5.41, 5.74) is -0.362. The molecule has 0 bridgehead atoms. The molecule has 1 saturated heterocycles. The summed E-state index contributed by atoms with van der Waals surface area (Å²) >= 11 is 0. The van der Waals surface area contributed by atoms with Crippen LogP contribution < -0.4 is 0 Å². The van der Waals surface area contributed by atoms with Gasteiger partial charge in [-0.3, -0.25) is 0 Å². The van der Waals surface area contributed by atoms with Crippen molar-refractivity contribution in [1.82, 2.24) is 0 Å². The molecule has 1 unspecified atom stereocenters. The van der Waals surface area contributed by atoms with Crippen LogP contribution in [-0.2, 0) is 4.74 Å². The van der Waals surface area contributed by atoms with Gasteiger partial charge in [0, 0.05) is 11.9 Å². The molecule has 4 atom stereocenters. The Balaban J connectivity index is 2.73. The van der Waals surface area contributed by atoms with Gasteiger partial charge in [0.15, 0.2) is 0 Å². The molecule has 2 radical (unpaired) electrons. The van der Waals surface area contributed by atoms with Gasteiger partial charge in [-0.05, 0) is 13.3 Å². The molecule has 0 N–H and O–H groups in total. The van der Waals surface area contributed by atoms with Crippen molar-refractivity contribution in [2.45, 2.75) is 45.0 Å². The standard InChI is InChI=1S/C8H14BFO/c1-4-8(3)5(2)6(10)7(9)11-8/h5-7H,4H2,1-3H3/t5?,6-,7+,8+/m0/s1. The van der Waals surface area contributed by atoms with Gasteiger partial charge in [-0.2, -0.15) is 0 Å². The molecular weight excluding hydrogens is 142 g/mol. The lowest BCUT2D eigenvalue weighted by Crippen LogP contribution is -2.31. The van der Waals surface area contributed by atoms with E-state index in [1.54, 1.807) is 0 Å². The highest BCUT2D eigenvalue weighted by Gasteiger charge is 2.46. The van der Waals surface area contributed by atoms with Crippen LogP contribution in [0.15, 0.2) is 0 Å². The fraction of sp³-hybridized carbons (Fsp3) is 1.00. The van der Waals surface area contributed by atoms with Crippen LogP contribution in [0.3, 0.4) is 0 Å². The van der Waals surface area contributed by atoms with E-state index in [0.29, 0.717) is 0 Å². The molecule has 1 rings (SSSR count). The molecule has 0 aliphatic carbocycles. The van der Waals surface area contributed by atoms with Crippen molar-refractivity contribution >= 4 is 7.85 Å². The van der Waals surface area contributed by atoms with Gasteiger partial charge in [0.25, 0.3) is 0 Å². The fourth-order valence-electron chi connectivity index (χ4n) is 1.51. The van der Waals surface area contributed by atoms with Crippen molar-refractivity contribution in [2.24, 2.45) is 5.92 Å². The third kappa shape index (κ3) is 1.31. The minimum Gasteiger partial charge on any atom is -0.378 e. The minimum absolute atomic E-state index is 0.0949. The predicted octanol–water partition coefficient (Wildman–Crippen LogP) is 1.65. The Kier molecular flexibility index (Phi) is 2.28. The van der Waals surface area contributed by atoms with E-state index in [0.717, 1.165) is 6.42 Å². The summed E-state index contributed by atoms with van der Waals surface area (Å²) in [5.74, 6) is -0.0949. The summed E-state index contributed by atoms with van der Waals surface area (Å²) in [7, 11) is 5.42. The minimum atomic E-state index is -1.01. The normalized spacial score (nSPS) is 51.5. The molecule has 1 nitrogen and oxygen atoms in total. The molecule has 3 heteroatoms. The molecule has 0 aromatic carbocycles. The molecule has 1 fully saturated rings. The summed E-state index contributed by atoms with van der Waals surface area (Å²) in [6, 6.07) is -0.727. The zero-order valence-electron chi connectivity index (χ0n) is 7.30. The first-order valence-corrected chi connectivity index (χ1v) is 4.08. The molecule has 0 aromatic rings. The van der Waals surface area contributed by atoms with Crippen molar-refractivity contribution in [3.63, 3.8) is 0 Å². The van der Waals surface area contributed by atoms with Crippen LogP contribution in [0.25, 0.3) is 0 Å². The Labute approximate surface area is 68.7 Å². The van der Waals surface area contributed by atoms with Crippen LogP contribution in [0.2, 0.25) is 0 Å². The predicted molar refractivity (Wildman–Crippen MR) is 43.4 cm³/mol. The number of halogens is 1. The molecule has 11 heavy (non-hydrogen) atoms. The lowest BCUT2D eigenvalue weighted by Gasteiger charge is -2.26. The van der Waals surface area contributed by atoms with Crippen molar-refractivity contribution in [3.8, 4) is 0 Å². The van der Waals surface area contributed by atoms with Crippen LogP contribution in [0.1, 0.15) is 27.2 Å². The maximum Gasteiger partial charge on any atom is 0.123 e. The number of hydrogen-bond acceptors (Lipinski definition) is 1. The Morgan fingerprint density at radius 1 is 1.64 bits per heavy atom. The highest BCUT2D eigenvalue weighted by atomic mass is 19.1. The molecule has 0 saturated carbocycles. The topological polar surface area (TPSA) is 9.23 Å². The molecule has 0 aromatic heterocycles. The number of ether oxygens (including phenoxy) is 1. The third-order valence-electron chi connectivity index (χ3n) is 2.86. The van der Waals surface area contributed by atoms with Crippen LogP contribution in [0.5, 0.6) is 0 Å². The first kappa shape index (κ1) is 9.05. The second-order valence-corrected chi connectivity index (χ2v) is 3.48. The van der Waals surface area contributed by atoms with E-state index in [1.165, 1.54) is 0 Å². The van der Waals surface area contributed by atoms with Gasteiger partial charge in [0.1, 0.15) is 14.0 Å². The number of rotatable bonds is 1. The molecule has 62 valence electrons. The molecule has 1 heterocycles. The van der Waals surface area contributed by atoms with Gasteiger partial charge in [-0.25, -0.2) is 4.39 Å². The Morgan fingerprint density at radius 3 is 2.36 bits per heavy atom. The van der Waals surface area contributed by atoms with Gasteiger partial charge >= 0.3 is 0 Å². The Bertz CT molecular complexity index is 153. The smallest absolute Gasteiger partial charge is 0.123 e. The lowest BCUT2D eigenvalue weighted by molar-refractivity contribution is -0.0190. The third-order valence-corrected chi connectivity index (χ3v) is 2.86. The van der Waals surface area contributed by atoms with Gasteiger partial charge in [0.05, 0.1) is 5.60 Å². The number of alkyl halides is 1. The van der Waals surface area contributed by atoms with Gasteiger partial charge < -0.3 is 4.74 Å². The monoisotopic (exact) mass is 156 g/mol. The highest BCUT2D eigenvalue weighted by Crippen LogP contribution is 2.38. The summed E-state index contributed by atoms with van der Waals surface area (Å²) < 4.78 is 18.5. The molecular formula is C8H14BFO. The van der Waals surface area contributed by atoms with E-state index in [9.17, 15) is 4.39 Å². The van der Waals surface area contributed by atoms with E-state index in [2.05, 4.69) is 0 Å². The van der Waals surface area contributed by atoms with Gasteiger partial charge in [0.2, 0.25) is 0 Å². The molecule has 1 aliphatic heterocycles. The van der Waals surface area contributed by atoms with E-state index < -0.39 is 12.2 Å². The van der Waals surface area contributed by atoms with Gasteiger partial charge in [-0.1, -0.05) is 13.8 Å². The summed E-state index contributed by atoms with van der Waals surface area (Å²) in [6.45, 7) is 5.75. The second-order valence-electron chi connectivity index (χ2n) is 3.48. The first-order chi connectivity index (χ1) is 5.01. The zero-order valence-corrected chi connectivity index (χ0v) is 7.30. The van der Waals surface area contributed by atoms with E-state index in [-0.39, 0.29) is 11.5 Å². The van der Waals surface area contributed by atoms with Crippen molar-refractivity contribution in [3.05, 3.63) is 0 Å². The van der Waals surface area contributed by atoms with E-state index in [1.807, 2.05) is 20.8 Å². The quantitative estimate of drug-likeness (QED) is 0.524. The average Bonchev–Trinajstić information content (AvgIpc) is 2.17. The summed E-state index contributed by atoms with van der Waals surface area (Å²) in [6.07, 6.45) is -0.206. The van der Waals surface area contributed by atoms with E-state index in [4.69, 9.17) is 12.6 Å².